The summed E-state index contributed by atoms with van der Waals surface area (Å²) in [4.78, 5) is 11.9. The molecule has 0 bridgehead atoms. The van der Waals surface area contributed by atoms with E-state index in [1.165, 1.54) is 11.3 Å². The van der Waals surface area contributed by atoms with Crippen LogP contribution in [-0.4, -0.2) is 42.6 Å². The van der Waals surface area contributed by atoms with Crippen LogP contribution in [0.4, 0.5) is 5.13 Å². The number of benzene rings is 1. The fraction of sp³-hybridized carbons (Fsp3) is 0.357. The summed E-state index contributed by atoms with van der Waals surface area (Å²) in [5.74, 6) is -0.623. The molecule has 0 saturated heterocycles. The molecule has 24 heavy (non-hydrogen) atoms. The van der Waals surface area contributed by atoms with Crippen molar-refractivity contribution in [3.05, 3.63) is 39.9 Å². The quantitative estimate of drug-likeness (QED) is 0.742. The number of rotatable bonds is 7. The Morgan fingerprint density at radius 1 is 1.42 bits per heavy atom. The highest BCUT2D eigenvalue weighted by Gasteiger charge is 2.17. The van der Waals surface area contributed by atoms with Crippen LogP contribution in [0.25, 0.3) is 0 Å². The first kappa shape index (κ1) is 18.8. The zero-order valence-corrected chi connectivity index (χ0v) is 15.3. The van der Waals surface area contributed by atoms with Gasteiger partial charge in [0.2, 0.25) is 11.0 Å². The number of hydrogen-bond donors (Lipinski definition) is 2. The highest BCUT2D eigenvalue weighted by atomic mass is 35.5. The van der Waals surface area contributed by atoms with Crippen molar-refractivity contribution >= 4 is 43.8 Å². The molecule has 0 fully saturated rings. The van der Waals surface area contributed by atoms with Gasteiger partial charge in [-0.3, -0.25) is 10.1 Å². The number of sulfone groups is 1. The van der Waals surface area contributed by atoms with Crippen LogP contribution in [-0.2, 0) is 21.1 Å². The number of amides is 1. The van der Waals surface area contributed by atoms with Crippen molar-refractivity contribution in [3.8, 4) is 0 Å². The standard InChI is InChI=1S/C14H17ClN4O3S2/c1-24(21,22)6-5-11(16)13(20)17-14-19-18-12(23-14)8-9-3-2-4-10(15)7-9/h2-4,7,11H,5-6,8,16H2,1H3,(H,17,19,20). The number of carbonyl (C=O) groups is 1. The average molecular weight is 389 g/mol. The van der Waals surface area contributed by atoms with Gasteiger partial charge < -0.3 is 5.73 Å². The second-order valence-corrected chi connectivity index (χ2v) is 9.08. The summed E-state index contributed by atoms with van der Waals surface area (Å²) >= 11 is 7.17. The zero-order chi connectivity index (χ0) is 17.7. The van der Waals surface area contributed by atoms with Gasteiger partial charge in [-0.25, -0.2) is 8.42 Å². The lowest BCUT2D eigenvalue weighted by molar-refractivity contribution is -0.117. The largest absolute Gasteiger partial charge is 0.320 e. The van der Waals surface area contributed by atoms with Gasteiger partial charge in [0.25, 0.3) is 0 Å². The minimum absolute atomic E-state index is 0.0544. The Kier molecular flexibility index (Phi) is 6.27. The second-order valence-electron chi connectivity index (χ2n) is 5.32. The maximum absolute atomic E-state index is 11.9. The van der Waals surface area contributed by atoms with E-state index >= 15 is 0 Å². The van der Waals surface area contributed by atoms with Gasteiger partial charge in [0.05, 0.1) is 11.8 Å². The van der Waals surface area contributed by atoms with Crippen LogP contribution in [0.3, 0.4) is 0 Å². The number of halogens is 1. The number of nitrogens with zero attached hydrogens (tertiary/aromatic N) is 2. The highest BCUT2D eigenvalue weighted by Crippen LogP contribution is 2.20. The summed E-state index contributed by atoms with van der Waals surface area (Å²) in [6, 6.07) is 6.48. The van der Waals surface area contributed by atoms with Crippen LogP contribution in [0.15, 0.2) is 24.3 Å². The Morgan fingerprint density at radius 2 is 2.17 bits per heavy atom. The van der Waals surface area contributed by atoms with Crippen LogP contribution in [0.1, 0.15) is 17.0 Å². The van der Waals surface area contributed by atoms with E-state index in [0.717, 1.165) is 16.8 Å². The van der Waals surface area contributed by atoms with Gasteiger partial charge in [0.1, 0.15) is 14.8 Å². The van der Waals surface area contributed by atoms with E-state index in [0.29, 0.717) is 16.6 Å². The van der Waals surface area contributed by atoms with E-state index in [2.05, 4.69) is 15.5 Å². The van der Waals surface area contributed by atoms with E-state index in [9.17, 15) is 13.2 Å². The molecule has 0 radical (unpaired) electrons. The average Bonchev–Trinajstić information content (AvgIpc) is 2.91. The Morgan fingerprint density at radius 3 is 2.83 bits per heavy atom. The van der Waals surface area contributed by atoms with Gasteiger partial charge in [-0.05, 0) is 24.1 Å². The molecule has 7 nitrogen and oxygen atoms in total. The van der Waals surface area contributed by atoms with Crippen LogP contribution >= 0.6 is 22.9 Å². The molecule has 1 aromatic heterocycles. The van der Waals surface area contributed by atoms with Gasteiger partial charge in [0.15, 0.2) is 0 Å². The van der Waals surface area contributed by atoms with E-state index in [1.807, 2.05) is 18.2 Å². The lowest BCUT2D eigenvalue weighted by atomic mass is 10.2. The normalized spacial score (nSPS) is 12.8. The minimum atomic E-state index is -3.16. The molecule has 3 N–H and O–H groups in total. The Bertz CT molecular complexity index is 823. The fourth-order valence-electron chi connectivity index (χ4n) is 1.87. The molecule has 1 aromatic carbocycles. The van der Waals surface area contributed by atoms with Crippen molar-refractivity contribution in [3.63, 3.8) is 0 Å². The molecule has 0 aliphatic heterocycles. The molecule has 0 aliphatic carbocycles. The molecule has 130 valence electrons. The van der Waals surface area contributed by atoms with Crippen molar-refractivity contribution in [2.45, 2.75) is 18.9 Å². The second kappa shape index (κ2) is 8.02. The number of aromatic nitrogens is 2. The van der Waals surface area contributed by atoms with Gasteiger partial charge >= 0.3 is 0 Å². The summed E-state index contributed by atoms with van der Waals surface area (Å²) in [6.07, 6.45) is 1.71. The molecule has 2 aromatic rings. The Balaban J connectivity index is 1.92. The first-order valence-electron chi connectivity index (χ1n) is 7.04. The highest BCUT2D eigenvalue weighted by molar-refractivity contribution is 7.90. The third kappa shape index (κ3) is 6.16. The zero-order valence-electron chi connectivity index (χ0n) is 12.9. The van der Waals surface area contributed by atoms with Crippen molar-refractivity contribution in [2.75, 3.05) is 17.3 Å². The van der Waals surface area contributed by atoms with Crippen LogP contribution in [0.5, 0.6) is 0 Å². The van der Waals surface area contributed by atoms with Crippen molar-refractivity contribution in [2.24, 2.45) is 5.73 Å². The number of hydrogen-bond acceptors (Lipinski definition) is 7. The van der Waals surface area contributed by atoms with Crippen LogP contribution in [0.2, 0.25) is 5.02 Å². The molecule has 2 rings (SSSR count). The summed E-state index contributed by atoms with van der Waals surface area (Å²) < 4.78 is 22.2. The van der Waals surface area contributed by atoms with Gasteiger partial charge in [-0.2, -0.15) is 0 Å². The van der Waals surface area contributed by atoms with E-state index < -0.39 is 21.8 Å². The van der Waals surface area contributed by atoms with Gasteiger partial charge in [-0.15, -0.1) is 10.2 Å². The lowest BCUT2D eigenvalue weighted by Crippen LogP contribution is -2.37. The maximum atomic E-state index is 11.9. The van der Waals surface area contributed by atoms with E-state index in [1.54, 1.807) is 6.07 Å². The van der Waals surface area contributed by atoms with Gasteiger partial charge in [-0.1, -0.05) is 35.1 Å². The van der Waals surface area contributed by atoms with Gasteiger partial charge in [0, 0.05) is 17.7 Å². The molecular weight excluding hydrogens is 372 g/mol. The van der Waals surface area contributed by atoms with Crippen molar-refractivity contribution < 1.29 is 13.2 Å². The van der Waals surface area contributed by atoms with Crippen LogP contribution in [0, 0.1) is 0 Å². The minimum Gasteiger partial charge on any atom is -0.320 e. The summed E-state index contributed by atoms with van der Waals surface area (Å²) in [6.45, 7) is 0. The smallest absolute Gasteiger partial charge is 0.243 e. The third-order valence-electron chi connectivity index (χ3n) is 3.08. The lowest BCUT2D eigenvalue weighted by Gasteiger charge is -2.09. The topological polar surface area (TPSA) is 115 Å². The monoisotopic (exact) mass is 388 g/mol. The predicted molar refractivity (Wildman–Crippen MR) is 95.1 cm³/mol. The molecule has 1 heterocycles. The molecule has 0 aliphatic rings. The van der Waals surface area contributed by atoms with Crippen molar-refractivity contribution in [1.82, 2.24) is 10.2 Å². The first-order chi connectivity index (χ1) is 11.2. The summed E-state index contributed by atoms with van der Waals surface area (Å²) in [5, 5.41) is 12.2. The summed E-state index contributed by atoms with van der Waals surface area (Å²) in [7, 11) is -3.16. The molecule has 10 heteroatoms. The molecule has 0 spiro atoms. The molecule has 1 unspecified atom stereocenters. The molecular formula is C14H17ClN4O3S2. The Labute approximate surface area is 149 Å². The summed E-state index contributed by atoms with van der Waals surface area (Å²) in [5.41, 5.74) is 6.67. The van der Waals surface area contributed by atoms with E-state index in [4.69, 9.17) is 17.3 Å². The van der Waals surface area contributed by atoms with Crippen molar-refractivity contribution in [1.29, 1.82) is 0 Å². The van der Waals surface area contributed by atoms with Crippen LogP contribution < -0.4 is 11.1 Å². The Hall–Kier alpha value is -1.55. The number of carbonyl (C=O) groups excluding carboxylic acids is 1. The molecule has 1 atom stereocenters. The van der Waals surface area contributed by atoms with E-state index in [-0.39, 0.29) is 12.2 Å². The number of anilines is 1. The third-order valence-corrected chi connectivity index (χ3v) is 5.13. The molecule has 1 amide bonds. The first-order valence-corrected chi connectivity index (χ1v) is 10.3. The fourth-order valence-corrected chi connectivity index (χ4v) is 3.54. The number of nitrogens with two attached hydrogens (primary N) is 1. The molecule has 0 saturated carbocycles. The maximum Gasteiger partial charge on any atom is 0.243 e. The SMILES string of the molecule is CS(=O)(=O)CCC(N)C(=O)Nc1nnc(Cc2cccc(Cl)c2)s1. The number of nitrogens with one attached hydrogen (secondary N) is 1. The predicted octanol–water partition coefficient (Wildman–Crippen LogP) is 1.48.